The molecule has 0 fully saturated rings. The minimum absolute atomic E-state index is 0.880. The van der Waals surface area contributed by atoms with E-state index in [0.717, 1.165) is 37.8 Å². The second-order valence-electron chi connectivity index (χ2n) is 7.43. The second-order valence-corrected chi connectivity index (χ2v) is 8.68. The third-order valence-electron chi connectivity index (χ3n) is 4.97. The van der Waals surface area contributed by atoms with E-state index in [9.17, 15) is 0 Å². The van der Waals surface area contributed by atoms with Crippen LogP contribution >= 0.6 is 22.6 Å². The molecule has 1 aromatic heterocycles. The van der Waals surface area contributed by atoms with Gasteiger partial charge in [0.15, 0.2) is 0 Å². The minimum atomic E-state index is 0.880. The van der Waals surface area contributed by atoms with Crippen molar-refractivity contribution < 1.29 is 0 Å². The lowest BCUT2D eigenvalue weighted by Crippen LogP contribution is -2.07. The highest BCUT2D eigenvalue weighted by Gasteiger charge is 2.10. The Balaban J connectivity index is 2.04. The highest BCUT2D eigenvalue weighted by atomic mass is 127. The van der Waals surface area contributed by atoms with Gasteiger partial charge in [0.05, 0.1) is 34.2 Å². The summed E-state index contributed by atoms with van der Waals surface area (Å²) in [5.41, 5.74) is 10.3. The van der Waals surface area contributed by atoms with Crippen LogP contribution in [0.3, 0.4) is 0 Å². The molecule has 0 radical (unpaired) electrons. The van der Waals surface area contributed by atoms with Gasteiger partial charge in [-0.2, -0.15) is 0 Å². The summed E-state index contributed by atoms with van der Waals surface area (Å²) in [5, 5.41) is 0. The fourth-order valence-electron chi connectivity index (χ4n) is 3.28. The van der Waals surface area contributed by atoms with Crippen LogP contribution in [0, 0.1) is 31.3 Å². The molecule has 0 bridgehead atoms. The van der Waals surface area contributed by atoms with Gasteiger partial charge in [-0.1, -0.05) is 36.4 Å². The molecule has 0 N–H and O–H groups in total. The molecule has 0 unspecified atom stereocenters. The van der Waals surface area contributed by atoms with Gasteiger partial charge in [-0.05, 0) is 98.5 Å². The molecule has 0 saturated heterocycles. The second kappa shape index (κ2) is 8.99. The van der Waals surface area contributed by atoms with E-state index in [4.69, 9.17) is 15.0 Å². The first-order valence-electron chi connectivity index (χ1n) is 9.67. The molecule has 2 aromatic carbocycles. The summed E-state index contributed by atoms with van der Waals surface area (Å²) >= 11 is 2.34. The first kappa shape index (κ1) is 21.4. The van der Waals surface area contributed by atoms with E-state index >= 15 is 0 Å². The molecule has 3 nitrogen and oxygen atoms in total. The van der Waals surface area contributed by atoms with Crippen molar-refractivity contribution in [3.05, 3.63) is 85.7 Å². The fourth-order valence-corrected chi connectivity index (χ4v) is 3.87. The fraction of sp³-hybridized carbons (Fsp3) is 0.240. The summed E-state index contributed by atoms with van der Waals surface area (Å²) < 4.78 is 1.12. The number of aliphatic imine (C=N–C) groups is 2. The maximum Gasteiger partial charge on any atom is 0.0860 e. The maximum atomic E-state index is 4.89. The number of aromatic nitrogens is 1. The van der Waals surface area contributed by atoms with E-state index in [-0.39, 0.29) is 0 Å². The molecule has 0 aliphatic rings. The maximum absolute atomic E-state index is 4.89. The average Bonchev–Trinajstić information content (AvgIpc) is 2.67. The zero-order valence-electron chi connectivity index (χ0n) is 17.8. The van der Waals surface area contributed by atoms with Crippen molar-refractivity contribution in [2.24, 2.45) is 9.98 Å². The molecule has 0 atom stereocenters. The molecular formula is C25H26IN3. The summed E-state index contributed by atoms with van der Waals surface area (Å²) in [7, 11) is 0. The topological polar surface area (TPSA) is 37.6 Å². The van der Waals surface area contributed by atoms with Crippen LogP contribution in [0.25, 0.3) is 0 Å². The van der Waals surface area contributed by atoms with Crippen LogP contribution < -0.4 is 0 Å². The molecule has 0 amide bonds. The van der Waals surface area contributed by atoms with Gasteiger partial charge in [0.1, 0.15) is 0 Å². The zero-order chi connectivity index (χ0) is 21.1. The van der Waals surface area contributed by atoms with E-state index in [1.165, 1.54) is 22.3 Å². The van der Waals surface area contributed by atoms with Crippen LogP contribution in [-0.2, 0) is 0 Å². The van der Waals surface area contributed by atoms with Crippen molar-refractivity contribution in [2.75, 3.05) is 0 Å². The van der Waals surface area contributed by atoms with Crippen molar-refractivity contribution in [1.29, 1.82) is 0 Å². The number of pyridine rings is 1. The Hall–Kier alpha value is -2.34. The standard InChI is InChI=1S/C25H26IN3/c1-15-9-7-10-16(2)24(15)27-19(5)22-13-21(26)14-23(29-22)20(6)28-25-17(3)11-8-12-18(25)4/h7-14H,1-6H3. The summed E-state index contributed by atoms with van der Waals surface area (Å²) in [6.07, 6.45) is 0. The SMILES string of the molecule is CC(=Nc1c(C)cccc1C)c1cc(I)cc(C(C)=Nc2c(C)cccc2C)n1. The molecule has 29 heavy (non-hydrogen) atoms. The number of benzene rings is 2. The third kappa shape index (κ3) is 4.99. The predicted octanol–water partition coefficient (Wildman–Crippen LogP) is 7.20. The number of aryl methyl sites for hydroxylation is 4. The van der Waals surface area contributed by atoms with Crippen molar-refractivity contribution in [2.45, 2.75) is 41.5 Å². The molecule has 3 rings (SSSR count). The third-order valence-corrected chi connectivity index (χ3v) is 5.59. The molecule has 0 saturated carbocycles. The van der Waals surface area contributed by atoms with Crippen LogP contribution in [0.2, 0.25) is 0 Å². The van der Waals surface area contributed by atoms with Gasteiger partial charge in [0, 0.05) is 3.57 Å². The molecule has 0 aliphatic carbocycles. The first-order chi connectivity index (χ1) is 13.8. The minimum Gasteiger partial charge on any atom is -0.251 e. The molecule has 0 aliphatic heterocycles. The van der Waals surface area contributed by atoms with Gasteiger partial charge >= 0.3 is 0 Å². The summed E-state index contributed by atoms with van der Waals surface area (Å²) in [5.74, 6) is 0. The van der Waals surface area contributed by atoms with E-state index in [1.807, 2.05) is 13.8 Å². The van der Waals surface area contributed by atoms with E-state index < -0.39 is 0 Å². The highest BCUT2D eigenvalue weighted by molar-refractivity contribution is 14.1. The van der Waals surface area contributed by atoms with Crippen LogP contribution in [0.5, 0.6) is 0 Å². The average molecular weight is 495 g/mol. The van der Waals surface area contributed by atoms with E-state index in [0.29, 0.717) is 0 Å². The van der Waals surface area contributed by atoms with Gasteiger partial charge in [-0.25, -0.2) is 4.98 Å². The van der Waals surface area contributed by atoms with E-state index in [1.54, 1.807) is 0 Å². The van der Waals surface area contributed by atoms with Crippen LogP contribution in [0.4, 0.5) is 11.4 Å². The van der Waals surface area contributed by atoms with Crippen molar-refractivity contribution in [3.8, 4) is 0 Å². The van der Waals surface area contributed by atoms with Gasteiger partial charge in [-0.15, -0.1) is 0 Å². The Morgan fingerprint density at radius 3 is 1.38 bits per heavy atom. The largest absolute Gasteiger partial charge is 0.251 e. The number of nitrogens with zero attached hydrogens (tertiary/aromatic N) is 3. The molecule has 4 heteroatoms. The lowest BCUT2D eigenvalue weighted by atomic mass is 10.1. The summed E-state index contributed by atoms with van der Waals surface area (Å²) in [4.78, 5) is 14.7. The molecule has 148 valence electrons. The number of para-hydroxylation sites is 2. The Bertz CT molecular complexity index is 1000. The van der Waals surface area contributed by atoms with Crippen LogP contribution in [0.1, 0.15) is 47.5 Å². The zero-order valence-corrected chi connectivity index (χ0v) is 20.0. The van der Waals surface area contributed by atoms with Gasteiger partial charge in [0.2, 0.25) is 0 Å². The van der Waals surface area contributed by atoms with Crippen molar-refractivity contribution >= 4 is 45.4 Å². The van der Waals surface area contributed by atoms with Crippen LogP contribution in [-0.4, -0.2) is 16.4 Å². The highest BCUT2D eigenvalue weighted by Crippen LogP contribution is 2.26. The molecule has 0 spiro atoms. The number of halogens is 1. The van der Waals surface area contributed by atoms with Gasteiger partial charge in [0.25, 0.3) is 0 Å². The van der Waals surface area contributed by atoms with Gasteiger partial charge < -0.3 is 0 Å². The number of hydrogen-bond acceptors (Lipinski definition) is 3. The molecular weight excluding hydrogens is 469 g/mol. The molecule has 3 aromatic rings. The Labute approximate surface area is 187 Å². The summed E-state index contributed by atoms with van der Waals surface area (Å²) in [6.45, 7) is 12.4. The smallest absolute Gasteiger partial charge is 0.0860 e. The normalized spacial score (nSPS) is 12.4. The summed E-state index contributed by atoms with van der Waals surface area (Å²) in [6, 6.07) is 16.6. The monoisotopic (exact) mass is 495 g/mol. The molecule has 1 heterocycles. The van der Waals surface area contributed by atoms with Crippen LogP contribution in [0.15, 0.2) is 58.5 Å². The number of hydrogen-bond donors (Lipinski definition) is 0. The van der Waals surface area contributed by atoms with E-state index in [2.05, 4.69) is 98.8 Å². The quantitative estimate of drug-likeness (QED) is 0.279. The Morgan fingerprint density at radius 1 is 0.690 bits per heavy atom. The van der Waals surface area contributed by atoms with Crippen molar-refractivity contribution in [1.82, 2.24) is 4.98 Å². The first-order valence-corrected chi connectivity index (χ1v) is 10.8. The number of rotatable bonds is 4. The van der Waals surface area contributed by atoms with Crippen molar-refractivity contribution in [3.63, 3.8) is 0 Å². The Morgan fingerprint density at radius 2 is 1.03 bits per heavy atom. The lowest BCUT2D eigenvalue weighted by molar-refractivity contribution is 1.22. The Kier molecular flexibility index (Phi) is 6.63. The predicted molar refractivity (Wildman–Crippen MR) is 133 cm³/mol. The lowest BCUT2D eigenvalue weighted by Gasteiger charge is -2.10. The van der Waals surface area contributed by atoms with Gasteiger partial charge in [-0.3, -0.25) is 9.98 Å².